The van der Waals surface area contributed by atoms with Gasteiger partial charge in [0.25, 0.3) is 0 Å². The van der Waals surface area contributed by atoms with E-state index in [2.05, 4.69) is 97.1 Å². The average Bonchev–Trinajstić information content (AvgIpc) is 3.25. The highest BCUT2D eigenvalue weighted by Gasteiger charge is 2.75. The molecular weight excluding hydrogens is 681 g/mol. The Kier molecular flexibility index (Phi) is 7.32. The molecule has 56 heavy (non-hydrogen) atoms. The largest absolute Gasteiger partial charge is 0.227 e. The molecule has 1 heterocycles. The van der Waals surface area contributed by atoms with Gasteiger partial charge in [-0.1, -0.05) is 158 Å². The Morgan fingerprint density at radius 3 is 1.34 bits per heavy atom. The highest BCUT2D eigenvalue weighted by Crippen LogP contribution is 2.84. The molecule has 4 nitrogen and oxygen atoms in total. The van der Waals surface area contributed by atoms with Crippen LogP contribution in [0.15, 0.2) is 158 Å². The Hall–Kier alpha value is -6.88. The first-order valence-corrected chi connectivity index (χ1v) is 19.6. The molecular formula is C52H36N4. The third-order valence-corrected chi connectivity index (χ3v) is 13.6. The predicted molar refractivity (Wildman–Crippen MR) is 223 cm³/mol. The molecule has 1 spiro atoms. The van der Waals surface area contributed by atoms with Crippen LogP contribution in [0.1, 0.15) is 53.4 Å². The summed E-state index contributed by atoms with van der Waals surface area (Å²) < 4.78 is 0. The Morgan fingerprint density at radius 1 is 0.429 bits per heavy atom. The Bertz CT molecular complexity index is 2860. The monoisotopic (exact) mass is 716 g/mol. The quantitative estimate of drug-likeness (QED) is 0.161. The lowest BCUT2D eigenvalue weighted by atomic mass is 9.25. The van der Waals surface area contributed by atoms with Crippen LogP contribution in [-0.2, 0) is 0 Å². The van der Waals surface area contributed by atoms with Gasteiger partial charge in [0.15, 0.2) is 5.82 Å². The summed E-state index contributed by atoms with van der Waals surface area (Å²) in [5.41, 5.74) is 10.9. The highest BCUT2D eigenvalue weighted by molar-refractivity contribution is 6.16. The zero-order valence-corrected chi connectivity index (χ0v) is 30.7. The maximum atomic E-state index is 10.5. The zero-order chi connectivity index (χ0) is 37.4. The summed E-state index contributed by atoms with van der Waals surface area (Å²) in [6.07, 6.45) is 3.84. The first-order chi connectivity index (χ1) is 27.7. The van der Waals surface area contributed by atoms with Crippen LogP contribution in [-0.4, -0.2) is 9.97 Å². The lowest BCUT2D eigenvalue weighted by Crippen LogP contribution is -2.70. The first-order valence-electron chi connectivity index (χ1n) is 19.6. The second-order valence-corrected chi connectivity index (χ2v) is 15.9. The van der Waals surface area contributed by atoms with Gasteiger partial charge in [0.2, 0.25) is 0 Å². The lowest BCUT2D eigenvalue weighted by Gasteiger charge is -2.79. The van der Waals surface area contributed by atoms with E-state index in [0.29, 0.717) is 40.0 Å². The molecule has 11 rings (SSSR count). The average molecular weight is 717 g/mol. The highest BCUT2D eigenvalue weighted by atomic mass is 14.9. The topological polar surface area (TPSA) is 73.4 Å². The molecule has 3 aliphatic rings. The van der Waals surface area contributed by atoms with Crippen LogP contribution in [0.3, 0.4) is 0 Å². The molecule has 0 bridgehead atoms. The van der Waals surface area contributed by atoms with Gasteiger partial charge in [-0.2, -0.15) is 10.5 Å². The van der Waals surface area contributed by atoms with E-state index in [-0.39, 0.29) is 0 Å². The Labute approximate surface area is 326 Å². The van der Waals surface area contributed by atoms with Crippen LogP contribution in [0.4, 0.5) is 0 Å². The SMILES string of the molecule is N#Cc1c(-c2ccccc2)nc(-c2ccccc2)nc1-c1ccc(C2CC3CC4CC(c5ccc(-c6c7ccccc7c(C#N)c7ccccc67)cc5)C342)cc1. The van der Waals surface area contributed by atoms with Crippen molar-refractivity contribution in [2.75, 3.05) is 0 Å². The molecule has 3 fully saturated rings. The summed E-state index contributed by atoms with van der Waals surface area (Å²) in [5.74, 6) is 3.23. The normalized spacial score (nSPS) is 21.8. The molecule has 3 aliphatic carbocycles. The van der Waals surface area contributed by atoms with Gasteiger partial charge in [-0.05, 0) is 81.4 Å². The molecule has 8 aromatic rings. The fraction of sp³-hybridized carbons (Fsp3) is 0.154. The molecule has 0 saturated heterocycles. The van der Waals surface area contributed by atoms with Crippen molar-refractivity contribution in [3.63, 3.8) is 0 Å². The van der Waals surface area contributed by atoms with E-state index >= 15 is 0 Å². The van der Waals surface area contributed by atoms with Crippen molar-refractivity contribution in [3.8, 4) is 57.2 Å². The third-order valence-electron chi connectivity index (χ3n) is 13.6. The summed E-state index contributed by atoms with van der Waals surface area (Å²) in [7, 11) is 0. The second kappa shape index (κ2) is 12.6. The summed E-state index contributed by atoms with van der Waals surface area (Å²) in [6.45, 7) is 0. The summed E-state index contributed by atoms with van der Waals surface area (Å²) in [5, 5.41) is 24.9. The summed E-state index contributed by atoms with van der Waals surface area (Å²) >= 11 is 0. The number of hydrogen-bond donors (Lipinski definition) is 0. The Balaban J connectivity index is 0.929. The van der Waals surface area contributed by atoms with Gasteiger partial charge in [-0.3, -0.25) is 0 Å². The van der Waals surface area contributed by atoms with Gasteiger partial charge in [-0.15, -0.1) is 0 Å². The van der Waals surface area contributed by atoms with Gasteiger partial charge >= 0.3 is 0 Å². The van der Waals surface area contributed by atoms with Crippen LogP contribution >= 0.6 is 0 Å². The second-order valence-electron chi connectivity index (χ2n) is 15.9. The fourth-order valence-electron chi connectivity index (χ4n) is 11.0. The predicted octanol–water partition coefficient (Wildman–Crippen LogP) is 12.5. The van der Waals surface area contributed by atoms with Crippen LogP contribution in [0.25, 0.3) is 66.6 Å². The zero-order valence-electron chi connectivity index (χ0n) is 30.7. The van der Waals surface area contributed by atoms with E-state index in [9.17, 15) is 10.5 Å². The minimum atomic E-state index is 0.324. The molecule has 3 saturated carbocycles. The van der Waals surface area contributed by atoms with Gasteiger partial charge in [0.1, 0.15) is 17.7 Å². The molecule has 0 aliphatic heterocycles. The van der Waals surface area contributed by atoms with Crippen molar-refractivity contribution in [3.05, 3.63) is 180 Å². The van der Waals surface area contributed by atoms with Gasteiger partial charge < -0.3 is 0 Å². The summed E-state index contributed by atoms with van der Waals surface area (Å²) in [6, 6.07) is 59.9. The van der Waals surface area contributed by atoms with Gasteiger partial charge in [0.05, 0.1) is 17.0 Å². The summed E-state index contributed by atoms with van der Waals surface area (Å²) in [4.78, 5) is 9.97. The number of hydrogen-bond acceptors (Lipinski definition) is 4. The van der Waals surface area contributed by atoms with Crippen molar-refractivity contribution in [2.45, 2.75) is 31.1 Å². The number of fused-ring (bicyclic) bond motifs is 2. The molecule has 5 unspecified atom stereocenters. The smallest absolute Gasteiger partial charge is 0.160 e. The molecule has 5 atom stereocenters. The van der Waals surface area contributed by atoms with Crippen molar-refractivity contribution in [1.82, 2.24) is 9.97 Å². The van der Waals surface area contributed by atoms with Gasteiger partial charge in [0, 0.05) is 27.5 Å². The standard InChI is InChI=1S/C52H36N4/c53-30-44-40-15-7-9-17-42(40)48(43-18-10-8-16-41(43)44)34-23-19-32(20-24-34)46-28-38-27-39-29-47(52(38,39)46)33-21-25-36(26-22-33)50-45(31-54)49(35-11-3-1-4-12-35)55-51(56-50)37-13-5-2-6-14-37/h1-26,38-39,46-47H,27-29H2. The van der Waals surface area contributed by atoms with E-state index in [4.69, 9.17) is 9.97 Å². The van der Waals surface area contributed by atoms with E-state index in [1.54, 1.807) is 0 Å². The number of benzene rings is 7. The van der Waals surface area contributed by atoms with E-state index in [1.165, 1.54) is 41.5 Å². The van der Waals surface area contributed by atoms with Crippen molar-refractivity contribution in [1.29, 1.82) is 10.5 Å². The van der Waals surface area contributed by atoms with Crippen molar-refractivity contribution < 1.29 is 0 Å². The molecule has 0 radical (unpaired) electrons. The number of nitriles is 2. The number of nitrogens with zero attached hydrogens (tertiary/aromatic N) is 4. The van der Waals surface area contributed by atoms with Crippen LogP contribution < -0.4 is 0 Å². The molecule has 0 amide bonds. The maximum absolute atomic E-state index is 10.5. The number of rotatable bonds is 6. The van der Waals surface area contributed by atoms with E-state index in [1.807, 2.05) is 72.8 Å². The van der Waals surface area contributed by atoms with Gasteiger partial charge in [-0.25, -0.2) is 9.97 Å². The van der Waals surface area contributed by atoms with E-state index in [0.717, 1.165) is 55.6 Å². The Morgan fingerprint density at radius 2 is 0.857 bits per heavy atom. The lowest BCUT2D eigenvalue weighted by molar-refractivity contribution is -0.253. The fourth-order valence-corrected chi connectivity index (χ4v) is 11.0. The molecule has 1 aromatic heterocycles. The van der Waals surface area contributed by atoms with Crippen LogP contribution in [0.2, 0.25) is 0 Å². The first kappa shape index (κ1) is 32.5. The molecule has 4 heteroatoms. The molecule has 0 N–H and O–H groups in total. The maximum Gasteiger partial charge on any atom is 0.160 e. The van der Waals surface area contributed by atoms with Crippen LogP contribution in [0, 0.1) is 39.9 Å². The van der Waals surface area contributed by atoms with E-state index < -0.39 is 0 Å². The number of aromatic nitrogens is 2. The third kappa shape index (κ3) is 4.63. The molecule has 7 aromatic carbocycles. The molecule has 264 valence electrons. The van der Waals surface area contributed by atoms with Crippen molar-refractivity contribution >= 4 is 21.5 Å². The van der Waals surface area contributed by atoms with Crippen LogP contribution in [0.5, 0.6) is 0 Å². The minimum absolute atomic E-state index is 0.324. The van der Waals surface area contributed by atoms with Crippen molar-refractivity contribution in [2.24, 2.45) is 17.3 Å². The minimum Gasteiger partial charge on any atom is -0.227 e.